The zero-order valence-electron chi connectivity index (χ0n) is 10.4. The Balaban J connectivity index is 1.79. The van der Waals surface area contributed by atoms with Crippen molar-refractivity contribution in [3.63, 3.8) is 0 Å². The van der Waals surface area contributed by atoms with E-state index in [9.17, 15) is 0 Å². The summed E-state index contributed by atoms with van der Waals surface area (Å²) in [6, 6.07) is 0. The average molecular weight is 239 g/mol. The van der Waals surface area contributed by atoms with Crippen LogP contribution in [0.5, 0.6) is 0 Å². The number of ether oxygens (including phenoxy) is 2. The quantitative estimate of drug-likeness (QED) is 0.812. The number of aromatic nitrogens is 2. The SMILES string of the molecule is Cn1cc(CCOC2(CN)CCOCC2)cn1. The molecule has 0 spiro atoms. The molecule has 0 radical (unpaired) electrons. The van der Waals surface area contributed by atoms with Gasteiger partial charge in [-0.15, -0.1) is 0 Å². The molecule has 5 nitrogen and oxygen atoms in total. The van der Waals surface area contributed by atoms with E-state index in [2.05, 4.69) is 5.10 Å². The molecule has 2 rings (SSSR count). The summed E-state index contributed by atoms with van der Waals surface area (Å²) in [6.07, 6.45) is 6.58. The van der Waals surface area contributed by atoms with Crippen molar-refractivity contribution < 1.29 is 9.47 Å². The third-order valence-corrected chi connectivity index (χ3v) is 3.33. The smallest absolute Gasteiger partial charge is 0.0848 e. The number of nitrogens with zero attached hydrogens (tertiary/aromatic N) is 2. The van der Waals surface area contributed by atoms with Gasteiger partial charge in [0.15, 0.2) is 0 Å². The first-order valence-electron chi connectivity index (χ1n) is 6.13. The molecule has 0 saturated carbocycles. The second-order valence-corrected chi connectivity index (χ2v) is 4.62. The van der Waals surface area contributed by atoms with Gasteiger partial charge in [-0.1, -0.05) is 0 Å². The number of aryl methyl sites for hydroxylation is 1. The lowest BCUT2D eigenvalue weighted by Crippen LogP contribution is -2.45. The summed E-state index contributed by atoms with van der Waals surface area (Å²) in [5.74, 6) is 0. The maximum Gasteiger partial charge on any atom is 0.0848 e. The monoisotopic (exact) mass is 239 g/mol. The highest BCUT2D eigenvalue weighted by Crippen LogP contribution is 2.24. The van der Waals surface area contributed by atoms with Crippen molar-refractivity contribution >= 4 is 0 Å². The maximum atomic E-state index is 5.99. The van der Waals surface area contributed by atoms with Gasteiger partial charge < -0.3 is 15.2 Å². The Morgan fingerprint density at radius 2 is 2.29 bits per heavy atom. The predicted molar refractivity (Wildman–Crippen MR) is 64.7 cm³/mol. The van der Waals surface area contributed by atoms with Crippen LogP contribution in [-0.4, -0.2) is 41.7 Å². The number of rotatable bonds is 5. The summed E-state index contributed by atoms with van der Waals surface area (Å²) < 4.78 is 13.1. The minimum atomic E-state index is -0.166. The van der Waals surface area contributed by atoms with Crippen molar-refractivity contribution in [1.82, 2.24) is 9.78 Å². The third kappa shape index (κ3) is 3.28. The standard InChI is InChI=1S/C12H21N3O2/c1-15-9-11(8-14-15)2-5-17-12(10-13)3-6-16-7-4-12/h8-9H,2-7,10,13H2,1H3. The molecule has 0 aliphatic carbocycles. The first kappa shape index (κ1) is 12.5. The minimum absolute atomic E-state index is 0.166. The van der Waals surface area contributed by atoms with Gasteiger partial charge >= 0.3 is 0 Å². The Morgan fingerprint density at radius 3 is 2.88 bits per heavy atom. The van der Waals surface area contributed by atoms with E-state index in [1.807, 2.05) is 24.1 Å². The maximum absolute atomic E-state index is 5.99. The Labute approximate surface area is 102 Å². The summed E-state index contributed by atoms with van der Waals surface area (Å²) in [5, 5.41) is 4.14. The molecule has 1 aliphatic heterocycles. The van der Waals surface area contributed by atoms with E-state index in [4.69, 9.17) is 15.2 Å². The van der Waals surface area contributed by atoms with Gasteiger partial charge in [-0.2, -0.15) is 5.10 Å². The topological polar surface area (TPSA) is 62.3 Å². The fraction of sp³-hybridized carbons (Fsp3) is 0.750. The fourth-order valence-corrected chi connectivity index (χ4v) is 2.14. The number of nitrogens with two attached hydrogens (primary N) is 1. The molecule has 1 aromatic heterocycles. The van der Waals surface area contributed by atoms with Crippen LogP contribution in [0.1, 0.15) is 18.4 Å². The summed E-state index contributed by atoms with van der Waals surface area (Å²) in [6.45, 7) is 2.78. The molecule has 1 saturated heterocycles. The van der Waals surface area contributed by atoms with Crippen LogP contribution in [-0.2, 0) is 22.9 Å². The highest BCUT2D eigenvalue weighted by molar-refractivity contribution is 5.03. The Kier molecular flexibility index (Phi) is 4.15. The minimum Gasteiger partial charge on any atom is -0.381 e. The van der Waals surface area contributed by atoms with Gasteiger partial charge in [-0.05, 0) is 12.0 Å². The lowest BCUT2D eigenvalue weighted by Gasteiger charge is -2.36. The van der Waals surface area contributed by atoms with E-state index in [0.717, 1.165) is 32.5 Å². The Hall–Kier alpha value is -0.910. The van der Waals surface area contributed by atoms with Gasteiger partial charge in [0.25, 0.3) is 0 Å². The summed E-state index contributed by atoms with van der Waals surface area (Å²) in [4.78, 5) is 0. The van der Waals surface area contributed by atoms with Crippen molar-refractivity contribution in [2.75, 3.05) is 26.4 Å². The molecular weight excluding hydrogens is 218 g/mol. The van der Waals surface area contributed by atoms with Crippen molar-refractivity contribution in [3.05, 3.63) is 18.0 Å². The molecule has 96 valence electrons. The molecular formula is C12H21N3O2. The van der Waals surface area contributed by atoms with Crippen LogP contribution in [0.2, 0.25) is 0 Å². The first-order chi connectivity index (χ1) is 8.24. The molecule has 0 bridgehead atoms. The highest BCUT2D eigenvalue weighted by Gasteiger charge is 2.31. The Morgan fingerprint density at radius 1 is 1.53 bits per heavy atom. The van der Waals surface area contributed by atoms with Gasteiger partial charge in [0.2, 0.25) is 0 Å². The van der Waals surface area contributed by atoms with E-state index in [0.29, 0.717) is 13.2 Å². The third-order valence-electron chi connectivity index (χ3n) is 3.33. The molecule has 1 fully saturated rings. The highest BCUT2D eigenvalue weighted by atomic mass is 16.5. The van der Waals surface area contributed by atoms with Gasteiger partial charge in [0, 0.05) is 45.8 Å². The molecule has 1 aliphatic rings. The summed E-state index contributed by atoms with van der Waals surface area (Å²) in [7, 11) is 1.92. The van der Waals surface area contributed by atoms with E-state index >= 15 is 0 Å². The zero-order valence-corrected chi connectivity index (χ0v) is 10.4. The number of hydrogen-bond acceptors (Lipinski definition) is 4. The van der Waals surface area contributed by atoms with Crippen LogP contribution >= 0.6 is 0 Å². The predicted octanol–water partition coefficient (Wildman–Crippen LogP) is 0.487. The van der Waals surface area contributed by atoms with E-state index < -0.39 is 0 Å². The van der Waals surface area contributed by atoms with Crippen LogP contribution in [0.15, 0.2) is 12.4 Å². The summed E-state index contributed by atoms with van der Waals surface area (Å²) >= 11 is 0. The molecule has 0 aromatic carbocycles. The lowest BCUT2D eigenvalue weighted by molar-refractivity contribution is -0.104. The molecule has 1 aromatic rings. The normalized spacial score (nSPS) is 19.4. The van der Waals surface area contributed by atoms with Crippen LogP contribution in [0.4, 0.5) is 0 Å². The van der Waals surface area contributed by atoms with Crippen molar-refractivity contribution in [3.8, 4) is 0 Å². The average Bonchev–Trinajstić information content (AvgIpc) is 2.76. The first-order valence-corrected chi connectivity index (χ1v) is 6.13. The second kappa shape index (κ2) is 5.62. The largest absolute Gasteiger partial charge is 0.381 e. The zero-order chi connectivity index (χ0) is 12.1. The second-order valence-electron chi connectivity index (χ2n) is 4.62. The molecule has 2 heterocycles. The lowest BCUT2D eigenvalue weighted by atomic mass is 9.94. The van der Waals surface area contributed by atoms with Crippen LogP contribution < -0.4 is 5.73 Å². The van der Waals surface area contributed by atoms with Crippen LogP contribution in [0, 0.1) is 0 Å². The fourth-order valence-electron chi connectivity index (χ4n) is 2.14. The molecule has 2 N–H and O–H groups in total. The van der Waals surface area contributed by atoms with E-state index in [-0.39, 0.29) is 5.60 Å². The van der Waals surface area contributed by atoms with Crippen molar-refractivity contribution in [1.29, 1.82) is 0 Å². The van der Waals surface area contributed by atoms with Gasteiger partial charge in [0.05, 0.1) is 18.4 Å². The molecule has 17 heavy (non-hydrogen) atoms. The van der Waals surface area contributed by atoms with Crippen LogP contribution in [0.25, 0.3) is 0 Å². The van der Waals surface area contributed by atoms with Crippen LogP contribution in [0.3, 0.4) is 0 Å². The van der Waals surface area contributed by atoms with E-state index in [1.54, 1.807) is 0 Å². The molecule has 0 amide bonds. The van der Waals surface area contributed by atoms with E-state index in [1.165, 1.54) is 5.56 Å². The molecule has 5 heteroatoms. The van der Waals surface area contributed by atoms with Gasteiger partial charge in [-0.25, -0.2) is 0 Å². The number of hydrogen-bond donors (Lipinski definition) is 1. The molecule has 0 atom stereocenters. The Bertz CT molecular complexity index is 345. The van der Waals surface area contributed by atoms with Crippen molar-refractivity contribution in [2.24, 2.45) is 12.8 Å². The molecule has 0 unspecified atom stereocenters. The van der Waals surface area contributed by atoms with Gasteiger partial charge in [-0.3, -0.25) is 4.68 Å². The van der Waals surface area contributed by atoms with Crippen molar-refractivity contribution in [2.45, 2.75) is 24.9 Å². The van der Waals surface area contributed by atoms with Gasteiger partial charge in [0.1, 0.15) is 0 Å². The summed E-state index contributed by atoms with van der Waals surface area (Å²) in [5.41, 5.74) is 6.86.